The van der Waals surface area contributed by atoms with Gasteiger partial charge in [0.2, 0.25) is 0 Å². The lowest BCUT2D eigenvalue weighted by Gasteiger charge is -1.89. The van der Waals surface area contributed by atoms with Gasteiger partial charge in [-0.1, -0.05) is 0 Å². The zero-order chi connectivity index (χ0) is 7.72. The number of aryl methyl sites for hydroxylation is 1. The first-order valence-electron chi connectivity index (χ1n) is 2.84. The number of nitrogens with zero attached hydrogens (tertiary/aromatic N) is 2. The maximum Gasteiger partial charge on any atom is 0.174 e. The topological polar surface area (TPSA) is 55.1 Å². The van der Waals surface area contributed by atoms with Crippen LogP contribution in [0.1, 0.15) is 16.2 Å². The Morgan fingerprint density at radius 2 is 2.30 bits per heavy atom. The van der Waals surface area contributed by atoms with Gasteiger partial charge in [-0.3, -0.25) is 9.48 Å². The largest absolute Gasteiger partial charge is 0.504 e. The second-order valence-electron chi connectivity index (χ2n) is 2.06. The van der Waals surface area contributed by atoms with Gasteiger partial charge >= 0.3 is 0 Å². The number of hydrogen-bond donors (Lipinski definition) is 1. The highest BCUT2D eigenvalue weighted by atomic mass is 16.3. The van der Waals surface area contributed by atoms with Gasteiger partial charge in [-0.2, -0.15) is 5.10 Å². The van der Waals surface area contributed by atoms with Crippen molar-refractivity contribution in [1.82, 2.24) is 9.78 Å². The predicted molar refractivity (Wildman–Crippen MR) is 35.0 cm³/mol. The normalized spacial score (nSPS) is 9.80. The number of aromatic nitrogens is 2. The number of hydrogen-bond acceptors (Lipinski definition) is 3. The third-order valence-electron chi connectivity index (χ3n) is 1.44. The van der Waals surface area contributed by atoms with E-state index in [4.69, 9.17) is 5.11 Å². The van der Waals surface area contributed by atoms with Gasteiger partial charge < -0.3 is 5.11 Å². The van der Waals surface area contributed by atoms with Gasteiger partial charge in [0, 0.05) is 7.05 Å². The second-order valence-corrected chi connectivity index (χ2v) is 2.06. The number of carbonyl (C=O) groups excluding carboxylic acids is 1. The fourth-order valence-corrected chi connectivity index (χ4v) is 0.702. The molecule has 0 saturated carbocycles. The number of aromatic hydroxyl groups is 1. The standard InChI is InChI=1S/C6H8N2O2/c1-4-6(10)5(3-9)7-8(4)2/h3,10H,1-2H3. The molecule has 1 aromatic rings. The smallest absolute Gasteiger partial charge is 0.174 e. The minimum atomic E-state index is -0.0301. The van der Waals surface area contributed by atoms with E-state index >= 15 is 0 Å². The number of aldehydes is 1. The van der Waals surface area contributed by atoms with Gasteiger partial charge in [0.1, 0.15) is 0 Å². The molecule has 10 heavy (non-hydrogen) atoms. The Bertz CT molecular complexity index is 265. The molecule has 54 valence electrons. The van der Waals surface area contributed by atoms with Gasteiger partial charge in [0.25, 0.3) is 0 Å². The van der Waals surface area contributed by atoms with Gasteiger partial charge in [-0.25, -0.2) is 0 Å². The molecule has 0 spiro atoms. The van der Waals surface area contributed by atoms with Crippen LogP contribution < -0.4 is 0 Å². The fraction of sp³-hybridized carbons (Fsp3) is 0.333. The van der Waals surface area contributed by atoms with Crippen molar-refractivity contribution in [3.8, 4) is 5.75 Å². The minimum absolute atomic E-state index is 0.0301. The van der Waals surface area contributed by atoms with E-state index in [1.807, 2.05) is 0 Å². The van der Waals surface area contributed by atoms with Crippen molar-refractivity contribution < 1.29 is 9.90 Å². The third-order valence-corrected chi connectivity index (χ3v) is 1.44. The lowest BCUT2D eigenvalue weighted by molar-refractivity contribution is 0.111. The summed E-state index contributed by atoms with van der Waals surface area (Å²) < 4.78 is 1.46. The quantitative estimate of drug-likeness (QED) is 0.569. The molecule has 0 saturated heterocycles. The van der Waals surface area contributed by atoms with Crippen molar-refractivity contribution in [3.63, 3.8) is 0 Å². The summed E-state index contributed by atoms with van der Waals surface area (Å²) in [5, 5.41) is 12.8. The molecule has 1 rings (SSSR count). The zero-order valence-corrected chi connectivity index (χ0v) is 5.83. The molecule has 1 heterocycles. The molecular weight excluding hydrogens is 132 g/mol. The van der Waals surface area contributed by atoms with E-state index in [9.17, 15) is 4.79 Å². The van der Waals surface area contributed by atoms with Crippen molar-refractivity contribution in [2.45, 2.75) is 6.92 Å². The van der Waals surface area contributed by atoms with Crippen molar-refractivity contribution in [2.24, 2.45) is 7.05 Å². The highest BCUT2D eigenvalue weighted by molar-refractivity contribution is 5.76. The maximum atomic E-state index is 10.2. The summed E-state index contributed by atoms with van der Waals surface area (Å²) in [5.74, 6) is -0.0301. The Balaban J connectivity index is 3.30. The van der Waals surface area contributed by atoms with Crippen LogP contribution in [-0.4, -0.2) is 21.2 Å². The Hall–Kier alpha value is -1.32. The molecule has 0 radical (unpaired) electrons. The molecule has 0 aromatic carbocycles. The number of carbonyl (C=O) groups is 1. The molecule has 4 nitrogen and oxygen atoms in total. The van der Waals surface area contributed by atoms with Crippen LogP contribution in [0.15, 0.2) is 0 Å². The monoisotopic (exact) mass is 140 g/mol. The fourth-order valence-electron chi connectivity index (χ4n) is 0.702. The molecular formula is C6H8N2O2. The van der Waals surface area contributed by atoms with Crippen LogP contribution in [0.4, 0.5) is 0 Å². The second kappa shape index (κ2) is 2.13. The highest BCUT2D eigenvalue weighted by Gasteiger charge is 2.08. The van der Waals surface area contributed by atoms with Crippen molar-refractivity contribution in [3.05, 3.63) is 11.4 Å². The van der Waals surface area contributed by atoms with Gasteiger partial charge in [0.15, 0.2) is 17.7 Å². The zero-order valence-electron chi connectivity index (χ0n) is 5.83. The summed E-state index contributed by atoms with van der Waals surface area (Å²) in [5.41, 5.74) is 0.696. The van der Waals surface area contributed by atoms with Gasteiger partial charge in [-0.15, -0.1) is 0 Å². The molecule has 0 aliphatic carbocycles. The summed E-state index contributed by atoms with van der Waals surface area (Å²) in [6.07, 6.45) is 0.530. The van der Waals surface area contributed by atoms with E-state index in [0.29, 0.717) is 12.0 Å². The average Bonchev–Trinajstić information content (AvgIpc) is 2.17. The molecule has 0 unspecified atom stereocenters. The van der Waals surface area contributed by atoms with Gasteiger partial charge in [-0.05, 0) is 6.92 Å². The maximum absolute atomic E-state index is 10.2. The van der Waals surface area contributed by atoms with Crippen LogP contribution in [0.3, 0.4) is 0 Å². The molecule has 0 atom stereocenters. The Morgan fingerprint density at radius 3 is 2.50 bits per heavy atom. The highest BCUT2D eigenvalue weighted by Crippen LogP contribution is 2.17. The Labute approximate surface area is 58.1 Å². The molecule has 1 N–H and O–H groups in total. The lowest BCUT2D eigenvalue weighted by Crippen LogP contribution is -1.92. The van der Waals surface area contributed by atoms with Crippen LogP contribution in [0.25, 0.3) is 0 Å². The SMILES string of the molecule is Cc1c(O)c(C=O)nn1C. The molecule has 0 aliphatic heterocycles. The first-order chi connectivity index (χ1) is 4.66. The molecule has 1 aromatic heterocycles. The molecule has 0 aliphatic rings. The third kappa shape index (κ3) is 0.775. The van der Waals surface area contributed by atoms with E-state index in [1.54, 1.807) is 14.0 Å². The van der Waals surface area contributed by atoms with E-state index in [2.05, 4.69) is 5.10 Å². The average molecular weight is 140 g/mol. The molecule has 0 bridgehead atoms. The van der Waals surface area contributed by atoms with E-state index in [-0.39, 0.29) is 11.4 Å². The lowest BCUT2D eigenvalue weighted by atomic mass is 10.3. The molecule has 0 amide bonds. The van der Waals surface area contributed by atoms with Crippen molar-refractivity contribution in [2.75, 3.05) is 0 Å². The van der Waals surface area contributed by atoms with Crippen molar-refractivity contribution in [1.29, 1.82) is 0 Å². The van der Waals surface area contributed by atoms with Crippen molar-refractivity contribution >= 4 is 6.29 Å². The number of rotatable bonds is 1. The van der Waals surface area contributed by atoms with Crippen LogP contribution in [-0.2, 0) is 7.05 Å². The van der Waals surface area contributed by atoms with Crippen LogP contribution in [0.5, 0.6) is 5.75 Å². The van der Waals surface area contributed by atoms with Crippen LogP contribution >= 0.6 is 0 Å². The minimum Gasteiger partial charge on any atom is -0.504 e. The Morgan fingerprint density at radius 1 is 1.70 bits per heavy atom. The van der Waals surface area contributed by atoms with Crippen LogP contribution in [0, 0.1) is 6.92 Å². The summed E-state index contributed by atoms with van der Waals surface area (Å²) in [6, 6.07) is 0. The van der Waals surface area contributed by atoms with E-state index in [0.717, 1.165) is 0 Å². The van der Waals surface area contributed by atoms with Crippen LogP contribution in [0.2, 0.25) is 0 Å². The van der Waals surface area contributed by atoms with Gasteiger partial charge in [0.05, 0.1) is 5.69 Å². The summed E-state index contributed by atoms with van der Waals surface area (Å²) >= 11 is 0. The first-order valence-corrected chi connectivity index (χ1v) is 2.84. The van der Waals surface area contributed by atoms with E-state index in [1.165, 1.54) is 4.68 Å². The predicted octanol–water partition coefficient (Wildman–Crippen LogP) is 0.247. The Kier molecular flexibility index (Phi) is 1.45. The molecule has 0 fully saturated rings. The summed E-state index contributed by atoms with van der Waals surface area (Å²) in [6.45, 7) is 1.69. The summed E-state index contributed by atoms with van der Waals surface area (Å²) in [4.78, 5) is 10.2. The first kappa shape index (κ1) is 6.80. The molecule has 4 heteroatoms. The van der Waals surface area contributed by atoms with E-state index < -0.39 is 0 Å². The summed E-state index contributed by atoms with van der Waals surface area (Å²) in [7, 11) is 1.67.